The Kier molecular flexibility index (Phi) is 3.89. The van der Waals surface area contributed by atoms with Crippen LogP contribution in [0.25, 0.3) is 0 Å². The van der Waals surface area contributed by atoms with E-state index in [2.05, 4.69) is 11.2 Å². The molecule has 1 rings (SSSR count). The minimum absolute atomic E-state index is 0.0767. The highest BCUT2D eigenvalue weighted by Gasteiger charge is 2.15. The fourth-order valence-corrected chi connectivity index (χ4v) is 1.58. The number of carbonyl (C=O) groups is 2. The van der Waals surface area contributed by atoms with Crippen molar-refractivity contribution in [3.63, 3.8) is 0 Å². The second kappa shape index (κ2) is 5.17. The van der Waals surface area contributed by atoms with E-state index in [1.54, 1.807) is 19.9 Å². The number of rotatable bonds is 3. The summed E-state index contributed by atoms with van der Waals surface area (Å²) in [7, 11) is 0. The molecule has 0 aromatic heterocycles. The fourth-order valence-electron chi connectivity index (χ4n) is 1.58. The Hall–Kier alpha value is -2.28. The molecule has 0 aliphatic rings. The van der Waals surface area contributed by atoms with Crippen molar-refractivity contribution in [1.29, 1.82) is 0 Å². The van der Waals surface area contributed by atoms with Gasteiger partial charge in [0, 0.05) is 0 Å². The molecule has 1 aromatic rings. The molecule has 0 saturated heterocycles. The third kappa shape index (κ3) is 3.08. The van der Waals surface area contributed by atoms with Gasteiger partial charge in [0.15, 0.2) is 0 Å². The van der Waals surface area contributed by atoms with Crippen molar-refractivity contribution in [1.82, 2.24) is 0 Å². The topological polar surface area (TPSA) is 66.4 Å². The van der Waals surface area contributed by atoms with Gasteiger partial charge in [-0.2, -0.15) is 0 Å². The molecular formula is C13H13NO3. The van der Waals surface area contributed by atoms with E-state index in [4.69, 9.17) is 11.5 Å². The maximum atomic E-state index is 11.4. The van der Waals surface area contributed by atoms with Gasteiger partial charge in [0.1, 0.15) is 0 Å². The molecule has 0 radical (unpaired) electrons. The highest BCUT2D eigenvalue weighted by atomic mass is 16.4. The highest BCUT2D eigenvalue weighted by Crippen LogP contribution is 2.23. The van der Waals surface area contributed by atoms with Gasteiger partial charge < -0.3 is 10.4 Å². The standard InChI is InChI=1S/C13H13NO3/c1-4-5-11(15)14-12-9(3)6-8(2)7-10(12)13(16)17/h1,6-7H,5H2,2-3H3,(H,14,15)(H,16,17). The van der Waals surface area contributed by atoms with Crippen molar-refractivity contribution < 1.29 is 14.7 Å². The molecule has 0 bridgehead atoms. The van der Waals surface area contributed by atoms with E-state index in [-0.39, 0.29) is 17.9 Å². The zero-order chi connectivity index (χ0) is 13.0. The Morgan fingerprint density at radius 1 is 1.41 bits per heavy atom. The average molecular weight is 231 g/mol. The van der Waals surface area contributed by atoms with Crippen LogP contribution in [-0.2, 0) is 4.79 Å². The van der Waals surface area contributed by atoms with E-state index in [1.165, 1.54) is 6.07 Å². The molecule has 0 heterocycles. The van der Waals surface area contributed by atoms with Crippen LogP contribution in [-0.4, -0.2) is 17.0 Å². The van der Waals surface area contributed by atoms with Crippen LogP contribution in [0.4, 0.5) is 5.69 Å². The predicted molar refractivity (Wildman–Crippen MR) is 65.0 cm³/mol. The monoisotopic (exact) mass is 231 g/mol. The van der Waals surface area contributed by atoms with E-state index in [1.807, 2.05) is 0 Å². The number of aromatic carboxylic acids is 1. The van der Waals surface area contributed by atoms with Crippen molar-refractivity contribution in [3.8, 4) is 12.3 Å². The summed E-state index contributed by atoms with van der Waals surface area (Å²) in [5.74, 6) is 0.745. The molecule has 0 aliphatic heterocycles. The maximum Gasteiger partial charge on any atom is 0.337 e. The minimum Gasteiger partial charge on any atom is -0.478 e. The van der Waals surface area contributed by atoms with E-state index >= 15 is 0 Å². The molecule has 4 heteroatoms. The van der Waals surface area contributed by atoms with Gasteiger partial charge in [-0.1, -0.05) is 12.0 Å². The van der Waals surface area contributed by atoms with Crippen molar-refractivity contribution in [3.05, 3.63) is 28.8 Å². The summed E-state index contributed by atoms with van der Waals surface area (Å²) in [6.07, 6.45) is 4.94. The third-order valence-corrected chi connectivity index (χ3v) is 2.24. The second-order valence-corrected chi connectivity index (χ2v) is 3.74. The third-order valence-electron chi connectivity index (χ3n) is 2.24. The number of hydrogen-bond acceptors (Lipinski definition) is 2. The van der Waals surface area contributed by atoms with Crippen LogP contribution in [0, 0.1) is 26.2 Å². The number of aryl methyl sites for hydroxylation is 2. The molecule has 0 spiro atoms. The quantitative estimate of drug-likeness (QED) is 0.781. The van der Waals surface area contributed by atoms with Gasteiger partial charge in [-0.25, -0.2) is 4.79 Å². The van der Waals surface area contributed by atoms with Crippen molar-refractivity contribution in [2.24, 2.45) is 0 Å². The SMILES string of the molecule is C#CCC(=O)Nc1c(C)cc(C)cc1C(=O)O. The number of amides is 1. The smallest absolute Gasteiger partial charge is 0.337 e. The van der Waals surface area contributed by atoms with E-state index in [0.29, 0.717) is 11.3 Å². The van der Waals surface area contributed by atoms with Crippen LogP contribution in [0.1, 0.15) is 27.9 Å². The lowest BCUT2D eigenvalue weighted by atomic mass is 10.0. The fraction of sp³-hybridized carbons (Fsp3) is 0.231. The first-order valence-corrected chi connectivity index (χ1v) is 5.03. The Morgan fingerprint density at radius 3 is 2.59 bits per heavy atom. The minimum atomic E-state index is -1.08. The number of terminal acetylenes is 1. The lowest BCUT2D eigenvalue weighted by Gasteiger charge is -2.11. The molecule has 2 N–H and O–H groups in total. The summed E-state index contributed by atoms with van der Waals surface area (Å²) in [6, 6.07) is 3.32. The van der Waals surface area contributed by atoms with Gasteiger partial charge in [0.05, 0.1) is 17.7 Å². The number of hydrogen-bond donors (Lipinski definition) is 2. The Bertz CT molecular complexity index is 512. The normalized spacial score (nSPS) is 9.47. The number of anilines is 1. The summed E-state index contributed by atoms with van der Waals surface area (Å²) < 4.78 is 0. The lowest BCUT2D eigenvalue weighted by Crippen LogP contribution is -2.15. The largest absolute Gasteiger partial charge is 0.478 e. The highest BCUT2D eigenvalue weighted by molar-refractivity contribution is 6.02. The molecule has 0 saturated carbocycles. The number of nitrogens with one attached hydrogen (secondary N) is 1. The molecule has 0 fully saturated rings. The molecule has 0 unspecified atom stereocenters. The predicted octanol–water partition coefficient (Wildman–Crippen LogP) is 1.96. The van der Waals surface area contributed by atoms with Gasteiger partial charge in [0.2, 0.25) is 5.91 Å². The number of carboxylic acids is 1. The molecule has 0 aliphatic carbocycles. The number of carbonyl (C=O) groups excluding carboxylic acids is 1. The van der Waals surface area contributed by atoms with Gasteiger partial charge in [-0.05, 0) is 31.0 Å². The van der Waals surface area contributed by atoms with Crippen LogP contribution < -0.4 is 5.32 Å². The van der Waals surface area contributed by atoms with Gasteiger partial charge in [-0.15, -0.1) is 6.42 Å². The van der Waals surface area contributed by atoms with Crippen LogP contribution in [0.3, 0.4) is 0 Å². The number of benzene rings is 1. The van der Waals surface area contributed by atoms with Crippen LogP contribution in [0.2, 0.25) is 0 Å². The van der Waals surface area contributed by atoms with E-state index < -0.39 is 5.97 Å². The zero-order valence-electron chi connectivity index (χ0n) is 9.70. The van der Waals surface area contributed by atoms with Crippen LogP contribution >= 0.6 is 0 Å². The summed E-state index contributed by atoms with van der Waals surface area (Å²) in [6.45, 7) is 3.54. The van der Waals surface area contributed by atoms with Crippen molar-refractivity contribution in [2.75, 3.05) is 5.32 Å². The first-order valence-electron chi connectivity index (χ1n) is 5.03. The van der Waals surface area contributed by atoms with E-state index in [0.717, 1.165) is 5.56 Å². The molecule has 0 atom stereocenters. The van der Waals surface area contributed by atoms with Gasteiger partial charge in [0.25, 0.3) is 0 Å². The van der Waals surface area contributed by atoms with Crippen molar-refractivity contribution in [2.45, 2.75) is 20.3 Å². The van der Waals surface area contributed by atoms with Crippen LogP contribution in [0.5, 0.6) is 0 Å². The summed E-state index contributed by atoms with van der Waals surface area (Å²) in [5.41, 5.74) is 1.92. The zero-order valence-corrected chi connectivity index (χ0v) is 9.70. The average Bonchev–Trinajstić information content (AvgIpc) is 2.21. The van der Waals surface area contributed by atoms with Crippen LogP contribution in [0.15, 0.2) is 12.1 Å². The molecule has 17 heavy (non-hydrogen) atoms. The van der Waals surface area contributed by atoms with Gasteiger partial charge >= 0.3 is 5.97 Å². The molecule has 4 nitrogen and oxygen atoms in total. The Morgan fingerprint density at radius 2 is 2.06 bits per heavy atom. The molecule has 88 valence electrons. The van der Waals surface area contributed by atoms with E-state index in [9.17, 15) is 9.59 Å². The summed E-state index contributed by atoms with van der Waals surface area (Å²) >= 11 is 0. The Labute approximate surface area is 99.7 Å². The van der Waals surface area contributed by atoms with Crippen molar-refractivity contribution >= 4 is 17.6 Å². The second-order valence-electron chi connectivity index (χ2n) is 3.74. The van der Waals surface area contributed by atoms with Gasteiger partial charge in [-0.3, -0.25) is 4.79 Å². The lowest BCUT2D eigenvalue weighted by molar-refractivity contribution is -0.115. The Balaban J connectivity index is 3.18. The number of carboxylic acid groups (broad SMARTS) is 1. The molecule has 1 aromatic carbocycles. The molecule has 1 amide bonds. The summed E-state index contributed by atoms with van der Waals surface area (Å²) in [5, 5.41) is 11.6. The first kappa shape index (κ1) is 12.8. The first-order chi connectivity index (χ1) is 7.95. The summed E-state index contributed by atoms with van der Waals surface area (Å²) in [4.78, 5) is 22.5. The maximum absolute atomic E-state index is 11.4. The molecular weight excluding hydrogens is 218 g/mol.